The van der Waals surface area contributed by atoms with Crippen molar-refractivity contribution in [2.75, 3.05) is 12.3 Å². The van der Waals surface area contributed by atoms with E-state index in [1.165, 1.54) is 12.1 Å². The molecule has 1 aromatic carbocycles. The van der Waals surface area contributed by atoms with Crippen LogP contribution in [0.1, 0.15) is 37.5 Å². The lowest BCUT2D eigenvalue weighted by Gasteiger charge is -2.32. The van der Waals surface area contributed by atoms with Crippen LogP contribution < -0.4 is 5.32 Å². The molecule has 1 rings (SSSR count). The van der Waals surface area contributed by atoms with E-state index in [-0.39, 0.29) is 18.5 Å². The van der Waals surface area contributed by atoms with Crippen molar-refractivity contribution in [2.45, 2.75) is 38.1 Å². The van der Waals surface area contributed by atoms with Crippen molar-refractivity contribution in [3.05, 3.63) is 35.4 Å². The molecular formula is C14H20F3NO4S. The van der Waals surface area contributed by atoms with Crippen LogP contribution in [0.2, 0.25) is 0 Å². The van der Waals surface area contributed by atoms with Gasteiger partial charge in [0.15, 0.2) is 0 Å². The van der Waals surface area contributed by atoms with Crippen LogP contribution in [-0.2, 0) is 16.3 Å². The summed E-state index contributed by atoms with van der Waals surface area (Å²) in [5, 5.41) is 13.2. The molecule has 0 radical (unpaired) electrons. The first-order chi connectivity index (χ1) is 10.3. The molecule has 9 heteroatoms. The Morgan fingerprint density at radius 1 is 1.26 bits per heavy atom. The maximum Gasteiger partial charge on any atom is 0.416 e. The SMILES string of the molecule is CC(C)(NCCCS(=O)(=O)O)C(O)c1cccc(C(F)(F)F)c1. The van der Waals surface area contributed by atoms with Crippen LogP contribution in [0, 0.1) is 0 Å². The maximum absolute atomic E-state index is 12.7. The van der Waals surface area contributed by atoms with Crippen LogP contribution in [0.3, 0.4) is 0 Å². The number of halogens is 3. The lowest BCUT2D eigenvalue weighted by molar-refractivity contribution is -0.137. The number of rotatable bonds is 7. The molecule has 1 unspecified atom stereocenters. The molecule has 0 heterocycles. The molecule has 1 aromatic rings. The molecule has 5 nitrogen and oxygen atoms in total. The van der Waals surface area contributed by atoms with Gasteiger partial charge in [0.1, 0.15) is 0 Å². The van der Waals surface area contributed by atoms with Crippen molar-refractivity contribution in [3.8, 4) is 0 Å². The number of alkyl halides is 3. The van der Waals surface area contributed by atoms with Crippen molar-refractivity contribution >= 4 is 10.1 Å². The van der Waals surface area contributed by atoms with Gasteiger partial charge in [-0.3, -0.25) is 4.55 Å². The van der Waals surface area contributed by atoms with Crippen LogP contribution >= 0.6 is 0 Å². The number of hydrogen-bond acceptors (Lipinski definition) is 4. The van der Waals surface area contributed by atoms with Gasteiger partial charge in [-0.2, -0.15) is 21.6 Å². The number of aliphatic hydroxyl groups excluding tert-OH is 1. The van der Waals surface area contributed by atoms with E-state index in [1.807, 2.05) is 0 Å². The standard InChI is InChI=1S/C14H20F3NO4S/c1-13(2,18-7-4-8-23(20,21)22)12(19)10-5-3-6-11(9-10)14(15,16)17/h3,5-6,9,12,18-19H,4,7-8H2,1-2H3,(H,20,21,22). The third-order valence-corrected chi connectivity index (χ3v) is 4.18. The summed E-state index contributed by atoms with van der Waals surface area (Å²) in [5.74, 6) is -0.435. The largest absolute Gasteiger partial charge is 0.416 e. The van der Waals surface area contributed by atoms with Crippen LogP contribution in [0.5, 0.6) is 0 Å². The molecule has 0 aliphatic rings. The quantitative estimate of drug-likeness (QED) is 0.516. The second-order valence-electron chi connectivity index (χ2n) is 5.81. The second kappa shape index (κ2) is 7.16. The molecule has 3 N–H and O–H groups in total. The van der Waals surface area contributed by atoms with Crippen molar-refractivity contribution in [1.82, 2.24) is 5.32 Å². The van der Waals surface area contributed by atoms with Gasteiger partial charge in [-0.05, 0) is 44.5 Å². The molecule has 0 fully saturated rings. The van der Waals surface area contributed by atoms with Gasteiger partial charge >= 0.3 is 6.18 Å². The van der Waals surface area contributed by atoms with Crippen molar-refractivity contribution in [2.24, 2.45) is 0 Å². The highest BCUT2D eigenvalue weighted by molar-refractivity contribution is 7.85. The van der Waals surface area contributed by atoms with Crippen LogP contribution in [0.25, 0.3) is 0 Å². The molecule has 0 aromatic heterocycles. The molecule has 0 bridgehead atoms. The van der Waals surface area contributed by atoms with Gasteiger partial charge in [0.05, 0.1) is 17.4 Å². The third kappa shape index (κ3) is 6.46. The third-order valence-electron chi connectivity index (χ3n) is 3.37. The Balaban J connectivity index is 2.76. The van der Waals surface area contributed by atoms with Crippen LogP contribution in [0.15, 0.2) is 24.3 Å². The number of hydrogen-bond donors (Lipinski definition) is 3. The molecule has 0 saturated heterocycles. The molecule has 0 amide bonds. The fourth-order valence-electron chi connectivity index (χ4n) is 2.06. The summed E-state index contributed by atoms with van der Waals surface area (Å²) in [6.45, 7) is 3.35. The average Bonchev–Trinajstić information content (AvgIpc) is 2.41. The Morgan fingerprint density at radius 3 is 2.39 bits per heavy atom. The minimum Gasteiger partial charge on any atom is -0.387 e. The predicted molar refractivity (Wildman–Crippen MR) is 79.5 cm³/mol. The summed E-state index contributed by atoms with van der Waals surface area (Å²) in [4.78, 5) is 0. The van der Waals surface area contributed by atoms with E-state index in [0.29, 0.717) is 0 Å². The van der Waals surface area contributed by atoms with Crippen molar-refractivity contribution < 1.29 is 31.2 Å². The van der Waals surface area contributed by atoms with E-state index in [0.717, 1.165) is 12.1 Å². The van der Waals surface area contributed by atoms with Gasteiger partial charge in [-0.25, -0.2) is 0 Å². The van der Waals surface area contributed by atoms with Gasteiger partial charge in [0.2, 0.25) is 0 Å². The molecule has 1 atom stereocenters. The fourth-order valence-corrected chi connectivity index (χ4v) is 2.57. The number of nitrogens with one attached hydrogen (secondary N) is 1. The summed E-state index contributed by atoms with van der Waals surface area (Å²) in [7, 11) is -4.06. The molecule has 0 saturated carbocycles. The Bertz CT molecular complexity index is 629. The predicted octanol–water partition coefficient (Wildman–Crippen LogP) is 2.38. The molecule has 23 heavy (non-hydrogen) atoms. The lowest BCUT2D eigenvalue weighted by atomic mass is 9.90. The van der Waals surface area contributed by atoms with E-state index >= 15 is 0 Å². The Hall–Kier alpha value is -1.16. The van der Waals surface area contributed by atoms with Crippen molar-refractivity contribution in [3.63, 3.8) is 0 Å². The van der Waals surface area contributed by atoms with Gasteiger partial charge < -0.3 is 10.4 Å². The zero-order chi connectivity index (χ0) is 17.9. The number of aliphatic hydroxyl groups is 1. The molecule has 0 spiro atoms. The monoisotopic (exact) mass is 355 g/mol. The summed E-state index contributed by atoms with van der Waals surface area (Å²) in [6.07, 6.45) is -5.61. The van der Waals surface area contributed by atoms with Gasteiger partial charge in [-0.1, -0.05) is 12.1 Å². The van der Waals surface area contributed by atoms with Gasteiger partial charge in [-0.15, -0.1) is 0 Å². The topological polar surface area (TPSA) is 86.6 Å². The smallest absolute Gasteiger partial charge is 0.387 e. The highest BCUT2D eigenvalue weighted by Gasteiger charge is 2.33. The first-order valence-electron chi connectivity index (χ1n) is 6.88. The van der Waals surface area contributed by atoms with E-state index in [1.54, 1.807) is 13.8 Å². The summed E-state index contributed by atoms with van der Waals surface area (Å²) in [6, 6.07) is 4.41. The van der Waals surface area contributed by atoms with Crippen molar-refractivity contribution in [1.29, 1.82) is 0 Å². The Labute approximate surface area is 133 Å². The van der Waals surface area contributed by atoms with Crippen LogP contribution in [0.4, 0.5) is 13.2 Å². The van der Waals surface area contributed by atoms with E-state index < -0.39 is 39.3 Å². The molecule has 0 aliphatic heterocycles. The minimum absolute atomic E-state index is 0.104. The summed E-state index contributed by atoms with van der Waals surface area (Å²) < 4.78 is 68.0. The highest BCUT2D eigenvalue weighted by Crippen LogP contribution is 2.33. The highest BCUT2D eigenvalue weighted by atomic mass is 32.2. The van der Waals surface area contributed by atoms with E-state index in [9.17, 15) is 26.7 Å². The zero-order valence-corrected chi connectivity index (χ0v) is 13.6. The first kappa shape index (κ1) is 19.9. The van der Waals surface area contributed by atoms with E-state index in [2.05, 4.69) is 5.32 Å². The van der Waals surface area contributed by atoms with E-state index in [4.69, 9.17) is 4.55 Å². The maximum atomic E-state index is 12.7. The average molecular weight is 355 g/mol. The Kier molecular flexibility index (Phi) is 6.19. The normalized spacial score (nSPS) is 14.7. The lowest BCUT2D eigenvalue weighted by Crippen LogP contribution is -2.45. The Morgan fingerprint density at radius 2 is 1.87 bits per heavy atom. The molecular weight excluding hydrogens is 335 g/mol. The zero-order valence-electron chi connectivity index (χ0n) is 12.8. The van der Waals surface area contributed by atoms with Gasteiger partial charge in [0, 0.05) is 5.54 Å². The fraction of sp³-hybridized carbons (Fsp3) is 0.571. The second-order valence-corrected chi connectivity index (χ2v) is 7.39. The van der Waals surface area contributed by atoms with Crippen LogP contribution in [-0.4, -0.2) is 35.9 Å². The first-order valence-corrected chi connectivity index (χ1v) is 8.49. The number of benzene rings is 1. The molecule has 0 aliphatic carbocycles. The molecule has 132 valence electrons. The minimum atomic E-state index is -4.50. The van der Waals surface area contributed by atoms with Gasteiger partial charge in [0.25, 0.3) is 10.1 Å². The summed E-state index contributed by atoms with van der Waals surface area (Å²) in [5.41, 5.74) is -1.73. The summed E-state index contributed by atoms with van der Waals surface area (Å²) >= 11 is 0.